The molecular weight excluding hydrogens is 210 g/mol. The number of aliphatic imine (C=N–C) groups is 1. The molecule has 0 aromatic heterocycles. The molecule has 86 valence electrons. The van der Waals surface area contributed by atoms with Gasteiger partial charge in [-0.05, 0) is 38.1 Å². The van der Waals surface area contributed by atoms with Crippen molar-refractivity contribution in [1.82, 2.24) is 0 Å². The molecule has 1 heterocycles. The molecule has 1 aliphatic rings. The number of nitrogens with zero attached hydrogens (tertiary/aromatic N) is 1. The van der Waals surface area contributed by atoms with Gasteiger partial charge in [-0.1, -0.05) is 24.3 Å². The van der Waals surface area contributed by atoms with Crippen LogP contribution in [0.4, 0.5) is 0 Å². The zero-order chi connectivity index (χ0) is 12.1. The molecule has 0 unspecified atom stereocenters. The van der Waals surface area contributed by atoms with Crippen LogP contribution >= 0.6 is 0 Å². The molecule has 0 amide bonds. The van der Waals surface area contributed by atoms with Crippen molar-refractivity contribution in [1.29, 1.82) is 0 Å². The van der Waals surface area contributed by atoms with E-state index in [-0.39, 0.29) is 0 Å². The van der Waals surface area contributed by atoms with Gasteiger partial charge in [0, 0.05) is 11.8 Å². The molecule has 1 aromatic rings. The quantitative estimate of drug-likeness (QED) is 0.748. The van der Waals surface area contributed by atoms with Crippen molar-refractivity contribution in [3.05, 3.63) is 65.6 Å². The first-order chi connectivity index (χ1) is 8.35. The Morgan fingerprint density at radius 1 is 1.06 bits per heavy atom. The number of para-hydroxylation sites is 1. The van der Waals surface area contributed by atoms with E-state index in [1.54, 1.807) is 0 Å². The van der Waals surface area contributed by atoms with Gasteiger partial charge in [0.1, 0.15) is 11.4 Å². The highest BCUT2D eigenvalue weighted by Crippen LogP contribution is 2.24. The third-order valence-corrected chi connectivity index (χ3v) is 2.38. The molecule has 17 heavy (non-hydrogen) atoms. The van der Waals surface area contributed by atoms with Crippen LogP contribution in [0.1, 0.15) is 19.4 Å². The summed E-state index contributed by atoms with van der Waals surface area (Å²) in [5.41, 5.74) is 1.83. The largest absolute Gasteiger partial charge is 0.454 e. The standard InChI is InChI=1S/C15H15NO/c1-3-7-13-15(8-4-2)17-14-10-6-5-9-12(14)11-16-13/h3-11H,1-2H3/b7-3-,8-4-. The Morgan fingerprint density at radius 3 is 2.59 bits per heavy atom. The van der Waals surface area contributed by atoms with E-state index in [1.165, 1.54) is 0 Å². The van der Waals surface area contributed by atoms with Gasteiger partial charge in [0.2, 0.25) is 0 Å². The van der Waals surface area contributed by atoms with E-state index in [4.69, 9.17) is 4.74 Å². The van der Waals surface area contributed by atoms with E-state index >= 15 is 0 Å². The fraction of sp³-hybridized carbons (Fsp3) is 0.133. The molecule has 1 aromatic carbocycles. The molecule has 2 rings (SSSR count). The van der Waals surface area contributed by atoms with Gasteiger partial charge in [0.05, 0.1) is 0 Å². The Labute approximate surface area is 102 Å². The van der Waals surface area contributed by atoms with E-state index in [0.717, 1.165) is 22.8 Å². The number of hydrogen-bond acceptors (Lipinski definition) is 2. The third kappa shape index (κ3) is 2.53. The molecule has 1 aliphatic heterocycles. The van der Waals surface area contributed by atoms with Gasteiger partial charge in [0.15, 0.2) is 5.76 Å². The summed E-state index contributed by atoms with van der Waals surface area (Å²) in [7, 11) is 0. The maximum absolute atomic E-state index is 5.88. The lowest BCUT2D eigenvalue weighted by Crippen LogP contribution is -1.95. The predicted molar refractivity (Wildman–Crippen MR) is 71.3 cm³/mol. The lowest BCUT2D eigenvalue weighted by atomic mass is 10.2. The van der Waals surface area contributed by atoms with Crippen molar-refractivity contribution in [2.45, 2.75) is 13.8 Å². The second kappa shape index (κ2) is 5.30. The normalized spacial score (nSPS) is 15.2. The molecule has 0 bridgehead atoms. The van der Waals surface area contributed by atoms with Crippen LogP contribution in [-0.2, 0) is 0 Å². The highest BCUT2D eigenvalue weighted by atomic mass is 16.5. The zero-order valence-corrected chi connectivity index (χ0v) is 10.1. The van der Waals surface area contributed by atoms with Crippen molar-refractivity contribution >= 4 is 6.21 Å². The molecule has 0 aliphatic carbocycles. The number of hydrogen-bond donors (Lipinski definition) is 0. The highest BCUT2D eigenvalue weighted by Gasteiger charge is 2.10. The fourth-order valence-electron chi connectivity index (χ4n) is 1.61. The molecule has 0 fully saturated rings. The number of benzene rings is 1. The molecule has 0 radical (unpaired) electrons. The van der Waals surface area contributed by atoms with E-state index in [2.05, 4.69) is 4.99 Å². The van der Waals surface area contributed by atoms with Gasteiger partial charge in [-0.2, -0.15) is 0 Å². The van der Waals surface area contributed by atoms with Crippen LogP contribution in [0, 0.1) is 0 Å². The van der Waals surface area contributed by atoms with Crippen molar-refractivity contribution in [3.8, 4) is 5.75 Å². The van der Waals surface area contributed by atoms with Crippen molar-refractivity contribution < 1.29 is 4.74 Å². The number of rotatable bonds is 2. The van der Waals surface area contributed by atoms with Crippen LogP contribution in [0.2, 0.25) is 0 Å². The van der Waals surface area contributed by atoms with Crippen molar-refractivity contribution in [2.75, 3.05) is 0 Å². The Hall–Kier alpha value is -2.09. The fourth-order valence-corrected chi connectivity index (χ4v) is 1.61. The monoisotopic (exact) mass is 225 g/mol. The average Bonchev–Trinajstić information content (AvgIpc) is 2.51. The van der Waals surface area contributed by atoms with Gasteiger partial charge in [-0.15, -0.1) is 0 Å². The minimum Gasteiger partial charge on any atom is -0.454 e. The Bertz CT molecular complexity index is 521. The predicted octanol–water partition coefficient (Wildman–Crippen LogP) is 3.86. The summed E-state index contributed by atoms with van der Waals surface area (Å²) in [6, 6.07) is 7.87. The lowest BCUT2D eigenvalue weighted by molar-refractivity contribution is 0.440. The summed E-state index contributed by atoms with van der Waals surface area (Å²) in [4.78, 5) is 4.45. The van der Waals surface area contributed by atoms with Crippen LogP contribution in [0.25, 0.3) is 0 Å². The average molecular weight is 225 g/mol. The maximum atomic E-state index is 5.88. The summed E-state index contributed by atoms with van der Waals surface area (Å²) >= 11 is 0. The van der Waals surface area contributed by atoms with Crippen LogP contribution in [0.3, 0.4) is 0 Å². The second-order valence-corrected chi connectivity index (χ2v) is 3.65. The second-order valence-electron chi connectivity index (χ2n) is 3.65. The molecule has 2 nitrogen and oxygen atoms in total. The Balaban J connectivity index is 2.49. The minimum atomic E-state index is 0.770. The summed E-state index contributed by atoms with van der Waals surface area (Å²) in [6.07, 6.45) is 9.60. The van der Waals surface area contributed by atoms with Crippen molar-refractivity contribution in [2.24, 2.45) is 4.99 Å². The minimum absolute atomic E-state index is 0.770. The molecule has 2 heteroatoms. The highest BCUT2D eigenvalue weighted by molar-refractivity contribution is 5.85. The first-order valence-electron chi connectivity index (χ1n) is 5.65. The van der Waals surface area contributed by atoms with Crippen molar-refractivity contribution in [3.63, 3.8) is 0 Å². The zero-order valence-electron chi connectivity index (χ0n) is 10.1. The first-order valence-corrected chi connectivity index (χ1v) is 5.65. The number of fused-ring (bicyclic) bond motifs is 1. The first kappa shape index (κ1) is 11.4. The van der Waals surface area contributed by atoms with Gasteiger partial charge >= 0.3 is 0 Å². The van der Waals surface area contributed by atoms with Crippen LogP contribution in [0.5, 0.6) is 5.75 Å². The van der Waals surface area contributed by atoms with E-state index in [9.17, 15) is 0 Å². The molecule has 0 N–H and O–H groups in total. The van der Waals surface area contributed by atoms with E-state index < -0.39 is 0 Å². The summed E-state index contributed by atoms with van der Waals surface area (Å²) in [5.74, 6) is 1.61. The van der Waals surface area contributed by atoms with Crippen LogP contribution in [-0.4, -0.2) is 6.21 Å². The molecule has 0 spiro atoms. The van der Waals surface area contributed by atoms with E-state index in [0.29, 0.717) is 0 Å². The van der Waals surface area contributed by atoms with Gasteiger partial charge in [-0.3, -0.25) is 4.99 Å². The number of allylic oxidation sites excluding steroid dienone is 4. The molecule has 0 saturated heterocycles. The Morgan fingerprint density at radius 2 is 1.82 bits per heavy atom. The third-order valence-electron chi connectivity index (χ3n) is 2.38. The topological polar surface area (TPSA) is 21.6 Å². The van der Waals surface area contributed by atoms with E-state index in [1.807, 2.05) is 68.6 Å². The van der Waals surface area contributed by atoms with Gasteiger partial charge < -0.3 is 4.74 Å². The summed E-state index contributed by atoms with van der Waals surface area (Å²) in [6.45, 7) is 3.93. The van der Waals surface area contributed by atoms with Gasteiger partial charge in [0.25, 0.3) is 0 Å². The lowest BCUT2D eigenvalue weighted by Gasteiger charge is -2.07. The van der Waals surface area contributed by atoms with Crippen LogP contribution in [0.15, 0.2) is 65.0 Å². The summed E-state index contributed by atoms with van der Waals surface area (Å²) in [5, 5.41) is 0. The molecular formula is C15H15NO. The smallest absolute Gasteiger partial charge is 0.152 e. The van der Waals surface area contributed by atoms with Crippen LogP contribution < -0.4 is 4.74 Å². The molecule has 0 atom stereocenters. The Kier molecular flexibility index (Phi) is 3.55. The van der Waals surface area contributed by atoms with Gasteiger partial charge in [-0.25, -0.2) is 0 Å². The maximum Gasteiger partial charge on any atom is 0.152 e. The summed E-state index contributed by atoms with van der Waals surface area (Å²) < 4.78 is 5.88. The SMILES string of the molecule is C/C=C\C1=C(/C=C\C)Oc2ccccc2C=N1. The number of ether oxygens (including phenoxy) is 1. The molecule has 0 saturated carbocycles.